The first-order valence-corrected chi connectivity index (χ1v) is 11.2. The number of rotatable bonds is 9. The minimum Gasteiger partial charge on any atom is -0.491 e. The highest BCUT2D eigenvalue weighted by molar-refractivity contribution is 8.02. The van der Waals surface area contributed by atoms with Crippen molar-refractivity contribution in [3.63, 3.8) is 0 Å². The molecule has 3 rings (SSSR count). The number of benzene rings is 2. The van der Waals surface area contributed by atoms with Gasteiger partial charge in [-0.2, -0.15) is 0 Å². The Labute approximate surface area is 186 Å². The second-order valence-electron chi connectivity index (χ2n) is 7.18. The van der Waals surface area contributed by atoms with Crippen LogP contribution in [0.15, 0.2) is 53.9 Å². The Hall–Kier alpha value is -2.64. The van der Waals surface area contributed by atoms with Crippen LogP contribution in [-0.4, -0.2) is 54.8 Å². The van der Waals surface area contributed by atoms with Crippen molar-refractivity contribution in [3.05, 3.63) is 70.9 Å². The highest BCUT2D eigenvalue weighted by Crippen LogP contribution is 2.18. The molecule has 1 amide bonds. The van der Waals surface area contributed by atoms with Gasteiger partial charge in [0.2, 0.25) is 5.91 Å². The summed E-state index contributed by atoms with van der Waals surface area (Å²) < 4.78 is 25.2. The summed E-state index contributed by atoms with van der Waals surface area (Å²) in [5.41, 5.74) is 1.17. The van der Waals surface area contributed by atoms with Crippen LogP contribution in [0.3, 0.4) is 0 Å². The zero-order valence-corrected chi connectivity index (χ0v) is 18.3. The van der Waals surface area contributed by atoms with Crippen molar-refractivity contribution >= 4 is 29.5 Å². The fraction of sp³-hybridized carbons (Fsp3) is 0.333. The fourth-order valence-corrected chi connectivity index (χ4v) is 3.85. The van der Waals surface area contributed by atoms with E-state index < -0.39 is 5.82 Å². The molecule has 0 aliphatic carbocycles. The van der Waals surface area contributed by atoms with Crippen molar-refractivity contribution in [3.8, 4) is 5.75 Å². The van der Waals surface area contributed by atoms with Crippen LogP contribution in [-0.2, 0) is 9.53 Å². The number of hydrogen-bond acceptors (Lipinski definition) is 5. The summed E-state index contributed by atoms with van der Waals surface area (Å²) in [6.07, 6.45) is 2.21. The monoisotopic (exact) mass is 443 g/mol. The summed E-state index contributed by atoms with van der Waals surface area (Å²) in [5.74, 6) is 0.192. The van der Waals surface area contributed by atoms with Crippen molar-refractivity contribution in [1.82, 2.24) is 4.90 Å². The molecule has 0 N–H and O–H groups in total. The normalized spacial score (nSPS) is 16.5. The van der Waals surface area contributed by atoms with Crippen molar-refractivity contribution in [2.24, 2.45) is 0 Å². The predicted molar refractivity (Wildman–Crippen MR) is 121 cm³/mol. The van der Waals surface area contributed by atoms with E-state index in [9.17, 15) is 14.0 Å². The Morgan fingerprint density at radius 1 is 1.26 bits per heavy atom. The Bertz CT molecular complexity index is 919. The second-order valence-corrected chi connectivity index (χ2v) is 8.19. The van der Waals surface area contributed by atoms with E-state index >= 15 is 0 Å². The van der Waals surface area contributed by atoms with Gasteiger partial charge in [0.25, 0.3) is 0 Å². The van der Waals surface area contributed by atoms with Gasteiger partial charge in [-0.1, -0.05) is 30.3 Å². The number of carbonyl (C=O) groups excluding carboxylic acids is 2. The van der Waals surface area contributed by atoms with Crippen LogP contribution in [0.2, 0.25) is 0 Å². The molecule has 0 spiro atoms. The number of amides is 1. The highest BCUT2D eigenvalue weighted by atomic mass is 32.2. The van der Waals surface area contributed by atoms with Gasteiger partial charge in [0.1, 0.15) is 24.3 Å². The van der Waals surface area contributed by atoms with Crippen LogP contribution in [0.4, 0.5) is 4.39 Å². The maximum absolute atomic E-state index is 13.9. The van der Waals surface area contributed by atoms with Crippen molar-refractivity contribution < 1.29 is 23.5 Å². The Morgan fingerprint density at radius 2 is 2.06 bits per heavy atom. The third-order valence-electron chi connectivity index (χ3n) is 4.84. The lowest BCUT2D eigenvalue weighted by atomic mass is 10.1. The molecular weight excluding hydrogens is 417 g/mol. The fourth-order valence-electron chi connectivity index (χ4n) is 3.17. The Balaban J connectivity index is 1.40. The third kappa shape index (κ3) is 7.22. The number of morpholine rings is 1. The van der Waals surface area contributed by atoms with Crippen LogP contribution in [0.25, 0.3) is 6.08 Å². The van der Waals surface area contributed by atoms with Crippen LogP contribution in [0.1, 0.15) is 29.3 Å². The van der Waals surface area contributed by atoms with Crippen molar-refractivity contribution in [2.45, 2.75) is 19.4 Å². The van der Waals surface area contributed by atoms with Gasteiger partial charge in [0, 0.05) is 24.8 Å². The van der Waals surface area contributed by atoms with Gasteiger partial charge in [0.05, 0.1) is 18.7 Å². The van der Waals surface area contributed by atoms with Gasteiger partial charge in [-0.25, -0.2) is 4.39 Å². The molecule has 1 aliphatic heterocycles. The molecule has 2 aromatic carbocycles. The smallest absolute Gasteiger partial charge is 0.223 e. The summed E-state index contributed by atoms with van der Waals surface area (Å²) in [5, 5.41) is 2.01. The second kappa shape index (κ2) is 11.7. The first-order chi connectivity index (χ1) is 15.0. The van der Waals surface area contributed by atoms with Gasteiger partial charge in [-0.05, 0) is 36.1 Å². The molecule has 5 nitrogen and oxygen atoms in total. The maximum Gasteiger partial charge on any atom is 0.223 e. The van der Waals surface area contributed by atoms with Crippen molar-refractivity contribution in [2.75, 3.05) is 32.1 Å². The molecule has 0 aromatic heterocycles. The molecule has 1 heterocycles. The van der Waals surface area contributed by atoms with Crippen LogP contribution >= 0.6 is 11.8 Å². The molecule has 2 aromatic rings. The Kier molecular flexibility index (Phi) is 8.67. The lowest BCUT2D eigenvalue weighted by Gasteiger charge is -2.33. The summed E-state index contributed by atoms with van der Waals surface area (Å²) in [4.78, 5) is 25.6. The van der Waals surface area contributed by atoms with E-state index in [0.717, 1.165) is 5.56 Å². The summed E-state index contributed by atoms with van der Waals surface area (Å²) in [6.45, 7) is 2.97. The molecule has 1 aliphatic rings. The summed E-state index contributed by atoms with van der Waals surface area (Å²) >= 11 is 1.61. The number of nitrogens with zero attached hydrogens (tertiary/aromatic N) is 1. The minimum atomic E-state index is -0.606. The van der Waals surface area contributed by atoms with Crippen LogP contribution in [0, 0.1) is 5.82 Å². The highest BCUT2D eigenvalue weighted by Gasteiger charge is 2.24. The largest absolute Gasteiger partial charge is 0.491 e. The maximum atomic E-state index is 13.9. The van der Waals surface area contributed by atoms with Gasteiger partial charge < -0.3 is 14.4 Å². The number of halogens is 1. The summed E-state index contributed by atoms with van der Waals surface area (Å²) in [6, 6.07) is 14.2. The minimum absolute atomic E-state index is 0.0366. The van der Waals surface area contributed by atoms with Crippen LogP contribution < -0.4 is 4.74 Å². The standard InChI is InChI=1S/C24H26FNO4S/c1-18(27)22-8-7-20(15-23(22)25)30-17-21-16-26(11-12-29-21)24(28)10-14-31-13-9-19-5-3-2-4-6-19/h2-9,13,15,21H,10-12,14,16-17H2,1H3/b13-9-. The average Bonchev–Trinajstić information content (AvgIpc) is 2.78. The van der Waals surface area contributed by atoms with Gasteiger partial charge in [0.15, 0.2) is 5.78 Å². The van der Waals surface area contributed by atoms with Crippen LogP contribution in [0.5, 0.6) is 5.75 Å². The number of carbonyl (C=O) groups is 2. The summed E-state index contributed by atoms with van der Waals surface area (Å²) in [7, 11) is 0. The quantitative estimate of drug-likeness (QED) is 0.424. The lowest BCUT2D eigenvalue weighted by molar-refractivity contribution is -0.139. The third-order valence-corrected chi connectivity index (χ3v) is 5.61. The van der Waals surface area contributed by atoms with E-state index in [1.165, 1.54) is 19.1 Å². The first-order valence-electron chi connectivity index (χ1n) is 10.2. The number of ether oxygens (including phenoxy) is 2. The average molecular weight is 444 g/mol. The topological polar surface area (TPSA) is 55.8 Å². The van der Waals surface area contributed by atoms with Crippen molar-refractivity contribution in [1.29, 1.82) is 0 Å². The van der Waals surface area contributed by atoms with E-state index in [0.29, 0.717) is 37.6 Å². The molecule has 0 saturated carbocycles. The molecular formula is C24H26FNO4S. The SMILES string of the molecule is CC(=O)c1ccc(OCC2CN(C(=O)CCS/C=C\c3ccccc3)CCO2)cc1F. The molecule has 7 heteroatoms. The first kappa shape index (κ1) is 23.0. The molecule has 0 bridgehead atoms. The van der Waals surface area contributed by atoms with E-state index in [4.69, 9.17) is 9.47 Å². The number of thioether (sulfide) groups is 1. The molecule has 1 saturated heterocycles. The molecule has 31 heavy (non-hydrogen) atoms. The van der Waals surface area contributed by atoms with E-state index in [-0.39, 0.29) is 30.0 Å². The zero-order chi connectivity index (χ0) is 22.1. The lowest BCUT2D eigenvalue weighted by Crippen LogP contribution is -2.47. The van der Waals surface area contributed by atoms with E-state index in [2.05, 4.69) is 0 Å². The molecule has 1 unspecified atom stereocenters. The number of Topliss-reactive ketones (excluding diaryl/α,β-unsaturated/α-hetero) is 1. The van der Waals surface area contributed by atoms with Gasteiger partial charge >= 0.3 is 0 Å². The molecule has 0 radical (unpaired) electrons. The number of hydrogen-bond donors (Lipinski definition) is 0. The zero-order valence-electron chi connectivity index (χ0n) is 17.5. The Morgan fingerprint density at radius 3 is 2.81 bits per heavy atom. The molecule has 1 fully saturated rings. The van der Waals surface area contributed by atoms with Gasteiger partial charge in [-0.3, -0.25) is 9.59 Å². The molecule has 1 atom stereocenters. The van der Waals surface area contributed by atoms with Gasteiger partial charge in [-0.15, -0.1) is 11.8 Å². The number of ketones is 1. The van der Waals surface area contributed by atoms with E-state index in [1.54, 1.807) is 22.7 Å². The molecule has 164 valence electrons. The van der Waals surface area contributed by atoms with E-state index in [1.807, 2.05) is 41.8 Å². The predicted octanol–water partition coefficient (Wildman–Crippen LogP) is 4.43.